The third-order valence-corrected chi connectivity index (χ3v) is 2.10. The van der Waals surface area contributed by atoms with Gasteiger partial charge >= 0.3 is 0 Å². The molecule has 0 aliphatic rings. The van der Waals surface area contributed by atoms with Crippen molar-refractivity contribution < 1.29 is 4.39 Å². The molecule has 0 aliphatic carbocycles. The molecule has 0 aliphatic heterocycles. The Hall–Kier alpha value is -1.07. The van der Waals surface area contributed by atoms with Gasteiger partial charge in [0.2, 0.25) is 0 Å². The van der Waals surface area contributed by atoms with Crippen LogP contribution in [0, 0.1) is 24.1 Å². The van der Waals surface area contributed by atoms with Crippen LogP contribution in [0.15, 0.2) is 12.1 Å². The van der Waals surface area contributed by atoms with E-state index < -0.39 is 0 Å². The molecule has 1 aromatic carbocycles. The van der Waals surface area contributed by atoms with Crippen molar-refractivity contribution in [3.05, 3.63) is 34.1 Å². The maximum Gasteiger partial charge on any atom is 0.123 e. The highest BCUT2D eigenvalue weighted by atomic mass is 35.5. The maximum absolute atomic E-state index is 12.8. The van der Waals surface area contributed by atoms with Crippen molar-refractivity contribution >= 4 is 11.6 Å². The third kappa shape index (κ3) is 1.75. The molecular formula is C9H7ClFN. The van der Waals surface area contributed by atoms with E-state index >= 15 is 0 Å². The van der Waals surface area contributed by atoms with Crippen LogP contribution < -0.4 is 0 Å². The van der Waals surface area contributed by atoms with Gasteiger partial charge in [-0.3, -0.25) is 0 Å². The monoisotopic (exact) mass is 183 g/mol. The van der Waals surface area contributed by atoms with Crippen LogP contribution in [0.4, 0.5) is 4.39 Å². The van der Waals surface area contributed by atoms with E-state index in [9.17, 15) is 4.39 Å². The summed E-state index contributed by atoms with van der Waals surface area (Å²) >= 11 is 5.83. The van der Waals surface area contributed by atoms with Crippen LogP contribution in [0.25, 0.3) is 0 Å². The molecule has 62 valence electrons. The Bertz CT molecular complexity index is 341. The molecule has 1 rings (SSSR count). The van der Waals surface area contributed by atoms with Gasteiger partial charge in [0.05, 0.1) is 12.5 Å². The summed E-state index contributed by atoms with van der Waals surface area (Å²) in [5.74, 6) is -0.345. The molecule has 0 saturated carbocycles. The highest BCUT2D eigenvalue weighted by Gasteiger charge is 2.05. The van der Waals surface area contributed by atoms with Crippen molar-refractivity contribution in [2.75, 3.05) is 0 Å². The van der Waals surface area contributed by atoms with Crippen LogP contribution in [-0.4, -0.2) is 0 Å². The van der Waals surface area contributed by atoms with Gasteiger partial charge in [-0.1, -0.05) is 11.6 Å². The Morgan fingerprint density at radius 3 is 2.83 bits per heavy atom. The van der Waals surface area contributed by atoms with Gasteiger partial charge in [-0.2, -0.15) is 5.26 Å². The first kappa shape index (κ1) is 9.02. The van der Waals surface area contributed by atoms with Crippen LogP contribution >= 0.6 is 11.6 Å². The van der Waals surface area contributed by atoms with Crippen molar-refractivity contribution in [2.24, 2.45) is 0 Å². The van der Waals surface area contributed by atoms with Gasteiger partial charge in [-0.05, 0) is 30.2 Å². The minimum Gasteiger partial charge on any atom is -0.207 e. The molecule has 1 nitrogen and oxygen atoms in total. The summed E-state index contributed by atoms with van der Waals surface area (Å²) in [7, 11) is 0. The Morgan fingerprint density at radius 1 is 1.58 bits per heavy atom. The average Bonchev–Trinajstić information content (AvgIpc) is 2.00. The lowest BCUT2D eigenvalue weighted by Gasteiger charge is -2.02. The van der Waals surface area contributed by atoms with E-state index in [0.29, 0.717) is 16.1 Å². The number of halogens is 2. The number of hydrogen-bond donors (Lipinski definition) is 0. The Morgan fingerprint density at radius 2 is 2.25 bits per heavy atom. The van der Waals surface area contributed by atoms with Crippen molar-refractivity contribution in [3.8, 4) is 6.07 Å². The molecule has 0 radical (unpaired) electrons. The quantitative estimate of drug-likeness (QED) is 0.657. The van der Waals surface area contributed by atoms with Crippen molar-refractivity contribution in [1.82, 2.24) is 0 Å². The van der Waals surface area contributed by atoms with Crippen LogP contribution in [-0.2, 0) is 6.42 Å². The van der Waals surface area contributed by atoms with Crippen LogP contribution in [0.1, 0.15) is 11.1 Å². The number of hydrogen-bond acceptors (Lipinski definition) is 1. The highest BCUT2D eigenvalue weighted by Crippen LogP contribution is 2.22. The average molecular weight is 184 g/mol. The van der Waals surface area contributed by atoms with E-state index in [1.165, 1.54) is 12.1 Å². The molecule has 0 bridgehead atoms. The molecule has 0 unspecified atom stereocenters. The SMILES string of the molecule is Cc1cc(F)cc(CC#N)c1Cl. The largest absolute Gasteiger partial charge is 0.207 e. The molecule has 0 amide bonds. The van der Waals surface area contributed by atoms with E-state index in [1.807, 2.05) is 6.07 Å². The molecule has 3 heteroatoms. The topological polar surface area (TPSA) is 23.8 Å². The van der Waals surface area contributed by atoms with E-state index in [2.05, 4.69) is 0 Å². The molecule has 0 N–H and O–H groups in total. The molecule has 0 heterocycles. The number of nitrogens with zero attached hydrogens (tertiary/aromatic N) is 1. The van der Waals surface area contributed by atoms with Gasteiger partial charge in [0.1, 0.15) is 5.82 Å². The summed E-state index contributed by atoms with van der Waals surface area (Å²) in [6.45, 7) is 1.71. The predicted octanol–water partition coefficient (Wildman–Crippen LogP) is 2.85. The minimum absolute atomic E-state index is 0.150. The second-order valence-corrected chi connectivity index (χ2v) is 2.91. The lowest BCUT2D eigenvalue weighted by atomic mass is 10.1. The summed E-state index contributed by atoms with van der Waals surface area (Å²) in [4.78, 5) is 0. The fraction of sp³-hybridized carbons (Fsp3) is 0.222. The van der Waals surface area contributed by atoms with Crippen molar-refractivity contribution in [2.45, 2.75) is 13.3 Å². The Labute approximate surface area is 75.4 Å². The molecule has 0 atom stereocenters. The first-order chi connectivity index (χ1) is 5.65. The van der Waals surface area contributed by atoms with Gasteiger partial charge in [0, 0.05) is 5.02 Å². The predicted molar refractivity (Wildman–Crippen MR) is 45.5 cm³/mol. The van der Waals surface area contributed by atoms with E-state index in [0.717, 1.165) is 0 Å². The van der Waals surface area contributed by atoms with Gasteiger partial charge in [0.15, 0.2) is 0 Å². The first-order valence-corrected chi connectivity index (χ1v) is 3.84. The zero-order chi connectivity index (χ0) is 9.14. The zero-order valence-corrected chi connectivity index (χ0v) is 7.32. The number of rotatable bonds is 1. The fourth-order valence-corrected chi connectivity index (χ4v) is 1.18. The summed E-state index contributed by atoms with van der Waals surface area (Å²) in [5.41, 5.74) is 1.22. The molecule has 12 heavy (non-hydrogen) atoms. The second-order valence-electron chi connectivity index (χ2n) is 2.53. The highest BCUT2D eigenvalue weighted by molar-refractivity contribution is 6.32. The molecule has 1 aromatic rings. The van der Waals surface area contributed by atoms with Crippen LogP contribution in [0.3, 0.4) is 0 Å². The summed E-state index contributed by atoms with van der Waals surface area (Å²) in [6.07, 6.45) is 0.150. The lowest BCUT2D eigenvalue weighted by molar-refractivity contribution is 0.625. The molecule has 0 spiro atoms. The maximum atomic E-state index is 12.8. The van der Waals surface area contributed by atoms with Crippen LogP contribution in [0.5, 0.6) is 0 Å². The zero-order valence-electron chi connectivity index (χ0n) is 6.56. The number of nitriles is 1. The summed E-state index contributed by atoms with van der Waals surface area (Å²) in [6, 6.07) is 4.57. The Kier molecular flexibility index (Phi) is 2.67. The summed E-state index contributed by atoms with van der Waals surface area (Å²) in [5, 5.41) is 8.88. The molecular weight excluding hydrogens is 177 g/mol. The van der Waals surface area contributed by atoms with E-state index in [1.54, 1.807) is 6.92 Å². The van der Waals surface area contributed by atoms with Gasteiger partial charge in [-0.25, -0.2) is 4.39 Å². The second kappa shape index (κ2) is 3.55. The lowest BCUT2D eigenvalue weighted by Crippen LogP contribution is -1.89. The van der Waals surface area contributed by atoms with E-state index in [4.69, 9.17) is 16.9 Å². The third-order valence-electron chi connectivity index (χ3n) is 1.56. The van der Waals surface area contributed by atoms with E-state index in [-0.39, 0.29) is 12.2 Å². The standard InChI is InChI=1S/C9H7ClFN/c1-6-4-8(11)5-7(2-3-12)9(6)10/h4-5H,2H2,1H3. The summed E-state index contributed by atoms with van der Waals surface area (Å²) < 4.78 is 12.8. The van der Waals surface area contributed by atoms with Crippen molar-refractivity contribution in [3.63, 3.8) is 0 Å². The first-order valence-electron chi connectivity index (χ1n) is 3.46. The van der Waals surface area contributed by atoms with Crippen molar-refractivity contribution in [1.29, 1.82) is 5.26 Å². The van der Waals surface area contributed by atoms with Gasteiger partial charge in [-0.15, -0.1) is 0 Å². The normalized spacial score (nSPS) is 9.50. The number of benzene rings is 1. The Balaban J connectivity index is 3.20. The molecule has 0 aromatic heterocycles. The fourth-order valence-electron chi connectivity index (χ4n) is 1.01. The minimum atomic E-state index is -0.345. The van der Waals surface area contributed by atoms with Crippen LogP contribution in [0.2, 0.25) is 5.02 Å². The molecule has 0 saturated heterocycles. The van der Waals surface area contributed by atoms with Gasteiger partial charge in [0.25, 0.3) is 0 Å². The smallest absolute Gasteiger partial charge is 0.123 e. The van der Waals surface area contributed by atoms with Gasteiger partial charge < -0.3 is 0 Å². The number of aryl methyl sites for hydroxylation is 1. The molecule has 0 fully saturated rings.